The van der Waals surface area contributed by atoms with E-state index in [1.54, 1.807) is 24.1 Å². The molecule has 0 bridgehead atoms. The van der Waals surface area contributed by atoms with E-state index < -0.39 is 35.6 Å². The Morgan fingerprint density at radius 2 is 1.58 bits per heavy atom. The second-order valence-corrected chi connectivity index (χ2v) is 10.5. The first-order valence-corrected chi connectivity index (χ1v) is 14.4. The molecule has 3 amide bonds. The van der Waals surface area contributed by atoms with E-state index in [1.807, 2.05) is 38.1 Å². The highest BCUT2D eigenvalue weighted by Crippen LogP contribution is 2.33. The van der Waals surface area contributed by atoms with Gasteiger partial charge in [0.1, 0.15) is 11.6 Å². The zero-order valence-corrected chi connectivity index (χ0v) is 24.9. The smallest absolute Gasteiger partial charge is 0.254 e. The molecule has 9 nitrogen and oxygen atoms in total. The van der Waals surface area contributed by atoms with Gasteiger partial charge in [0, 0.05) is 48.8 Å². The van der Waals surface area contributed by atoms with E-state index in [0.717, 1.165) is 5.56 Å². The summed E-state index contributed by atoms with van der Waals surface area (Å²) in [4.78, 5) is 40.8. The summed E-state index contributed by atoms with van der Waals surface area (Å²) in [6.45, 7) is 5.23. The summed E-state index contributed by atoms with van der Waals surface area (Å²) in [5.41, 5.74) is 13.0. The molecule has 0 radical (unpaired) electrons. The predicted molar refractivity (Wildman–Crippen MR) is 164 cm³/mol. The highest BCUT2D eigenvalue weighted by molar-refractivity contribution is 6.06. The van der Waals surface area contributed by atoms with Crippen molar-refractivity contribution in [2.24, 2.45) is 11.5 Å². The number of ether oxygens (including phenoxy) is 1. The lowest BCUT2D eigenvalue weighted by Crippen LogP contribution is -2.38. The third-order valence-corrected chi connectivity index (χ3v) is 7.23. The van der Waals surface area contributed by atoms with Crippen molar-refractivity contribution in [2.75, 3.05) is 26.7 Å². The minimum absolute atomic E-state index is 0.0519. The average Bonchev–Trinajstić information content (AvgIpc) is 2.98. The van der Waals surface area contributed by atoms with E-state index in [9.17, 15) is 23.9 Å². The van der Waals surface area contributed by atoms with Crippen LogP contribution in [0.15, 0.2) is 60.7 Å². The van der Waals surface area contributed by atoms with Crippen molar-refractivity contribution in [3.05, 3.63) is 99.9 Å². The molecule has 6 N–H and O–H groups in total. The SMILES string of the molecule is CCCN(CCC)C(=O)c1cc(C(N)=O)cc(C(N)=O)c1[C@H](Cc1cccc(F)c1)[C@@H](O)CNCc1cccc(OC)c1. The number of halogens is 1. The van der Waals surface area contributed by atoms with Crippen molar-refractivity contribution in [3.8, 4) is 5.75 Å². The van der Waals surface area contributed by atoms with Crippen molar-refractivity contribution in [1.29, 1.82) is 0 Å². The minimum atomic E-state index is -1.15. The van der Waals surface area contributed by atoms with Crippen molar-refractivity contribution in [3.63, 3.8) is 0 Å². The van der Waals surface area contributed by atoms with Gasteiger partial charge in [-0.15, -0.1) is 0 Å². The molecule has 230 valence electrons. The Hall–Kier alpha value is -4.28. The van der Waals surface area contributed by atoms with Crippen LogP contribution in [0.5, 0.6) is 5.75 Å². The second-order valence-electron chi connectivity index (χ2n) is 10.5. The molecular formula is C33H41FN4O5. The highest BCUT2D eigenvalue weighted by Gasteiger charge is 2.33. The average molecular weight is 593 g/mol. The zero-order valence-electron chi connectivity index (χ0n) is 24.9. The number of carbonyl (C=O) groups excluding carboxylic acids is 3. The molecule has 3 rings (SSSR count). The zero-order chi connectivity index (χ0) is 31.5. The number of hydrogen-bond acceptors (Lipinski definition) is 6. The van der Waals surface area contributed by atoms with E-state index in [0.29, 0.717) is 43.8 Å². The monoisotopic (exact) mass is 592 g/mol. The number of hydrogen-bond donors (Lipinski definition) is 4. The number of nitrogens with two attached hydrogens (primary N) is 2. The molecule has 0 saturated heterocycles. The van der Waals surface area contributed by atoms with Gasteiger partial charge in [0.2, 0.25) is 11.8 Å². The normalized spacial score (nSPS) is 12.4. The van der Waals surface area contributed by atoms with Crippen LogP contribution in [0, 0.1) is 5.82 Å². The van der Waals surface area contributed by atoms with E-state index in [4.69, 9.17) is 16.2 Å². The summed E-state index contributed by atoms with van der Waals surface area (Å²) >= 11 is 0. The molecule has 0 aromatic heterocycles. The molecular weight excluding hydrogens is 551 g/mol. The lowest BCUT2D eigenvalue weighted by molar-refractivity contribution is 0.0751. The number of methoxy groups -OCH3 is 1. The molecule has 3 aromatic rings. The molecule has 0 saturated carbocycles. The van der Waals surface area contributed by atoms with Crippen LogP contribution in [0.4, 0.5) is 4.39 Å². The summed E-state index contributed by atoms with van der Waals surface area (Å²) in [5, 5.41) is 14.9. The number of aliphatic hydroxyl groups excluding tert-OH is 1. The summed E-state index contributed by atoms with van der Waals surface area (Å²) in [6, 6.07) is 16.0. The Morgan fingerprint density at radius 3 is 2.19 bits per heavy atom. The molecule has 0 spiro atoms. The predicted octanol–water partition coefficient (Wildman–Crippen LogP) is 3.77. The van der Waals surface area contributed by atoms with Gasteiger partial charge in [-0.3, -0.25) is 14.4 Å². The second kappa shape index (κ2) is 15.8. The van der Waals surface area contributed by atoms with Gasteiger partial charge >= 0.3 is 0 Å². The fourth-order valence-corrected chi connectivity index (χ4v) is 5.24. The maximum atomic E-state index is 14.2. The van der Waals surface area contributed by atoms with Crippen molar-refractivity contribution in [2.45, 2.75) is 51.7 Å². The van der Waals surface area contributed by atoms with Crippen LogP contribution in [-0.2, 0) is 13.0 Å². The lowest BCUT2D eigenvalue weighted by Gasteiger charge is -2.30. The Balaban J connectivity index is 2.14. The van der Waals surface area contributed by atoms with Gasteiger partial charge in [-0.25, -0.2) is 4.39 Å². The molecule has 3 aromatic carbocycles. The minimum Gasteiger partial charge on any atom is -0.497 e. The van der Waals surface area contributed by atoms with Gasteiger partial charge in [0.15, 0.2) is 0 Å². The number of amides is 3. The first-order chi connectivity index (χ1) is 20.6. The lowest BCUT2D eigenvalue weighted by atomic mass is 9.80. The summed E-state index contributed by atoms with van der Waals surface area (Å²) in [5.74, 6) is -2.78. The molecule has 0 aliphatic carbocycles. The summed E-state index contributed by atoms with van der Waals surface area (Å²) < 4.78 is 19.5. The van der Waals surface area contributed by atoms with Gasteiger partial charge in [-0.05, 0) is 72.4 Å². The van der Waals surface area contributed by atoms with E-state index in [-0.39, 0.29) is 35.2 Å². The fourth-order valence-electron chi connectivity index (χ4n) is 5.24. The van der Waals surface area contributed by atoms with Gasteiger partial charge in [0.05, 0.1) is 13.2 Å². The van der Waals surface area contributed by atoms with E-state index in [2.05, 4.69) is 5.32 Å². The number of nitrogens with zero attached hydrogens (tertiary/aromatic N) is 1. The Kier molecular flexibility index (Phi) is 12.2. The van der Waals surface area contributed by atoms with Gasteiger partial charge < -0.3 is 31.5 Å². The summed E-state index contributed by atoms with van der Waals surface area (Å²) in [6.07, 6.45) is 0.299. The fraction of sp³-hybridized carbons (Fsp3) is 0.364. The number of carbonyl (C=O) groups is 3. The topological polar surface area (TPSA) is 148 Å². The van der Waals surface area contributed by atoms with Gasteiger partial charge in [0.25, 0.3) is 5.91 Å². The van der Waals surface area contributed by atoms with Crippen molar-refractivity contribution in [1.82, 2.24) is 10.2 Å². The standard InChI is InChI=1S/C33H41FN4O5/c1-4-12-38(13-5-2)33(42)28-18-23(31(35)40)17-27(32(36)41)30(28)26(16-21-8-6-10-24(34)14-21)29(39)20-37-19-22-9-7-11-25(15-22)43-3/h6-11,14-15,17-18,26,29,37,39H,4-5,12-13,16,19-20H2,1-3H3,(H2,35,40)(H2,36,41)/t26-,29+/m1/s1. The molecule has 43 heavy (non-hydrogen) atoms. The Morgan fingerprint density at radius 1 is 0.930 bits per heavy atom. The molecule has 10 heteroatoms. The third-order valence-electron chi connectivity index (χ3n) is 7.23. The molecule has 2 atom stereocenters. The van der Waals surface area contributed by atoms with Crippen molar-refractivity contribution >= 4 is 17.7 Å². The third kappa shape index (κ3) is 8.86. The molecule has 0 aliphatic heterocycles. The molecule has 0 aliphatic rings. The number of primary amides is 2. The van der Waals surface area contributed by atoms with Gasteiger partial charge in [-0.1, -0.05) is 38.1 Å². The van der Waals surface area contributed by atoms with Crippen LogP contribution < -0.4 is 21.5 Å². The van der Waals surface area contributed by atoms with Crippen LogP contribution in [0.1, 0.15) is 80.4 Å². The maximum Gasteiger partial charge on any atom is 0.254 e. The van der Waals surface area contributed by atoms with Crippen LogP contribution in [0.2, 0.25) is 0 Å². The highest BCUT2D eigenvalue weighted by atomic mass is 19.1. The van der Waals surface area contributed by atoms with E-state index >= 15 is 0 Å². The Labute approximate surface area is 252 Å². The number of nitrogens with one attached hydrogen (secondary N) is 1. The van der Waals surface area contributed by atoms with Crippen LogP contribution >= 0.6 is 0 Å². The molecule has 0 fully saturated rings. The number of aliphatic hydroxyl groups is 1. The summed E-state index contributed by atoms with van der Waals surface area (Å²) in [7, 11) is 1.58. The molecule has 0 heterocycles. The van der Waals surface area contributed by atoms with Crippen LogP contribution in [-0.4, -0.2) is 60.6 Å². The maximum absolute atomic E-state index is 14.2. The first kappa shape index (κ1) is 33.2. The quantitative estimate of drug-likeness (QED) is 0.199. The first-order valence-electron chi connectivity index (χ1n) is 14.4. The molecule has 0 unspecified atom stereocenters. The van der Waals surface area contributed by atoms with E-state index in [1.165, 1.54) is 24.3 Å². The number of rotatable bonds is 16. The largest absolute Gasteiger partial charge is 0.497 e. The number of benzene rings is 3. The van der Waals surface area contributed by atoms with Crippen LogP contribution in [0.25, 0.3) is 0 Å². The Bertz CT molecular complexity index is 1420. The van der Waals surface area contributed by atoms with Crippen LogP contribution in [0.3, 0.4) is 0 Å². The van der Waals surface area contributed by atoms with Crippen molar-refractivity contribution < 1.29 is 28.6 Å². The van der Waals surface area contributed by atoms with Gasteiger partial charge in [-0.2, -0.15) is 0 Å².